The summed E-state index contributed by atoms with van der Waals surface area (Å²) < 4.78 is 27.9. The highest BCUT2D eigenvalue weighted by molar-refractivity contribution is 7.87. The molecule has 0 radical (unpaired) electrons. The summed E-state index contributed by atoms with van der Waals surface area (Å²) in [5.74, 6) is 0.226. The first kappa shape index (κ1) is 16.3. The van der Waals surface area contributed by atoms with Gasteiger partial charge in [-0.25, -0.2) is 0 Å². The molecule has 0 aromatic heterocycles. The second-order valence-corrected chi connectivity index (χ2v) is 6.51. The minimum Gasteiger partial charge on any atom is -0.388 e. The highest BCUT2D eigenvalue weighted by Crippen LogP contribution is 2.06. The van der Waals surface area contributed by atoms with Crippen molar-refractivity contribution in [2.45, 2.75) is 40.2 Å². The van der Waals surface area contributed by atoms with E-state index < -0.39 is 10.2 Å². The highest BCUT2D eigenvalue weighted by atomic mass is 32.2. The van der Waals surface area contributed by atoms with Gasteiger partial charge >= 0.3 is 0 Å². The molecule has 0 aromatic carbocycles. The van der Waals surface area contributed by atoms with Gasteiger partial charge in [-0.15, -0.1) is 0 Å². The summed E-state index contributed by atoms with van der Waals surface area (Å²) in [5.41, 5.74) is 5.26. The molecule has 0 unspecified atom stereocenters. The molecule has 0 aliphatic carbocycles. The molecule has 0 saturated heterocycles. The standard InChI is InChI=1S/C10H24N4O2S/c1-8(2)7-14(6-5-10(11)12)17(15,16)13-9(3)4/h8-9,13H,5-7H2,1-4H3,(H3,11,12). The predicted octanol–water partition coefficient (Wildman–Crippen LogP) is 0.513. The fraction of sp³-hybridized carbons (Fsp3) is 0.900. The third kappa shape index (κ3) is 7.30. The van der Waals surface area contributed by atoms with Crippen LogP contribution < -0.4 is 10.5 Å². The molecule has 0 rings (SSSR count). The molecule has 17 heavy (non-hydrogen) atoms. The van der Waals surface area contributed by atoms with Crippen molar-refractivity contribution in [1.29, 1.82) is 5.41 Å². The van der Waals surface area contributed by atoms with Gasteiger partial charge < -0.3 is 5.73 Å². The van der Waals surface area contributed by atoms with E-state index in [0.717, 1.165) is 0 Å². The molecular weight excluding hydrogens is 240 g/mol. The average molecular weight is 264 g/mol. The minimum atomic E-state index is -3.48. The largest absolute Gasteiger partial charge is 0.388 e. The number of hydrogen-bond acceptors (Lipinski definition) is 3. The van der Waals surface area contributed by atoms with Crippen LogP contribution in [0.4, 0.5) is 0 Å². The number of nitrogens with zero attached hydrogens (tertiary/aromatic N) is 1. The van der Waals surface area contributed by atoms with Crippen molar-refractivity contribution in [2.75, 3.05) is 13.1 Å². The zero-order chi connectivity index (χ0) is 13.6. The van der Waals surface area contributed by atoms with Crippen LogP contribution >= 0.6 is 0 Å². The van der Waals surface area contributed by atoms with Gasteiger partial charge in [0.15, 0.2) is 0 Å². The third-order valence-corrected chi connectivity index (χ3v) is 3.70. The van der Waals surface area contributed by atoms with Crippen molar-refractivity contribution in [2.24, 2.45) is 11.7 Å². The Balaban J connectivity index is 4.71. The van der Waals surface area contributed by atoms with Crippen LogP contribution in [0, 0.1) is 11.3 Å². The van der Waals surface area contributed by atoms with Crippen LogP contribution in [0.15, 0.2) is 0 Å². The first-order valence-electron chi connectivity index (χ1n) is 5.75. The Bertz CT molecular complexity index is 338. The number of rotatable bonds is 8. The van der Waals surface area contributed by atoms with E-state index in [4.69, 9.17) is 11.1 Å². The molecule has 0 aliphatic rings. The number of hydrogen-bond donors (Lipinski definition) is 3. The van der Waals surface area contributed by atoms with Gasteiger partial charge in [-0.1, -0.05) is 13.8 Å². The molecule has 0 fully saturated rings. The zero-order valence-corrected chi connectivity index (χ0v) is 11.8. The van der Waals surface area contributed by atoms with Crippen molar-refractivity contribution >= 4 is 16.0 Å². The number of nitrogens with one attached hydrogen (secondary N) is 2. The van der Waals surface area contributed by atoms with Gasteiger partial charge in [0.2, 0.25) is 0 Å². The molecular formula is C10H24N4O2S. The first-order valence-corrected chi connectivity index (χ1v) is 7.19. The zero-order valence-electron chi connectivity index (χ0n) is 11.0. The van der Waals surface area contributed by atoms with Gasteiger partial charge in [0.1, 0.15) is 0 Å². The van der Waals surface area contributed by atoms with Gasteiger partial charge in [0.25, 0.3) is 10.2 Å². The summed E-state index contributed by atoms with van der Waals surface area (Å²) in [5, 5.41) is 7.15. The van der Waals surface area contributed by atoms with Crippen LogP contribution in [-0.4, -0.2) is 37.7 Å². The van der Waals surface area contributed by atoms with Crippen LogP contribution in [0.3, 0.4) is 0 Å². The normalized spacial score (nSPS) is 12.6. The van der Waals surface area contributed by atoms with Crippen LogP contribution in [0.25, 0.3) is 0 Å². The molecule has 0 saturated carbocycles. The molecule has 102 valence electrons. The van der Waals surface area contributed by atoms with Crippen molar-refractivity contribution < 1.29 is 8.42 Å². The summed E-state index contributed by atoms with van der Waals surface area (Å²) in [7, 11) is -3.48. The summed E-state index contributed by atoms with van der Waals surface area (Å²) in [6, 6.07) is -0.146. The topological polar surface area (TPSA) is 99.3 Å². The Morgan fingerprint density at radius 2 is 1.88 bits per heavy atom. The van der Waals surface area contributed by atoms with Gasteiger partial charge in [-0.2, -0.15) is 17.4 Å². The molecule has 0 heterocycles. The lowest BCUT2D eigenvalue weighted by Gasteiger charge is -2.25. The van der Waals surface area contributed by atoms with Gasteiger partial charge in [-0.05, 0) is 19.8 Å². The maximum absolute atomic E-state index is 12.0. The smallest absolute Gasteiger partial charge is 0.279 e. The maximum Gasteiger partial charge on any atom is 0.279 e. The van der Waals surface area contributed by atoms with E-state index in [-0.39, 0.29) is 30.8 Å². The van der Waals surface area contributed by atoms with E-state index in [1.54, 1.807) is 13.8 Å². The van der Waals surface area contributed by atoms with Crippen LogP contribution in [0.1, 0.15) is 34.1 Å². The number of amidine groups is 1. The van der Waals surface area contributed by atoms with Gasteiger partial charge in [-0.3, -0.25) is 5.41 Å². The molecule has 6 nitrogen and oxygen atoms in total. The van der Waals surface area contributed by atoms with Crippen molar-refractivity contribution in [3.05, 3.63) is 0 Å². The molecule has 4 N–H and O–H groups in total. The maximum atomic E-state index is 12.0. The Morgan fingerprint density at radius 3 is 2.24 bits per heavy atom. The second-order valence-electron chi connectivity index (χ2n) is 4.80. The fourth-order valence-electron chi connectivity index (χ4n) is 1.33. The molecule has 0 bridgehead atoms. The van der Waals surface area contributed by atoms with Crippen LogP contribution in [0.2, 0.25) is 0 Å². The second kappa shape index (κ2) is 6.93. The summed E-state index contributed by atoms with van der Waals surface area (Å²) in [4.78, 5) is 0. The van der Waals surface area contributed by atoms with Crippen molar-refractivity contribution in [1.82, 2.24) is 9.03 Å². The Hall–Kier alpha value is -0.660. The number of nitrogens with two attached hydrogens (primary N) is 1. The third-order valence-electron chi connectivity index (χ3n) is 1.92. The minimum absolute atomic E-state index is 0.00139. The monoisotopic (exact) mass is 264 g/mol. The molecule has 0 amide bonds. The lowest BCUT2D eigenvalue weighted by atomic mass is 10.2. The van der Waals surface area contributed by atoms with Gasteiger partial charge in [0.05, 0.1) is 5.84 Å². The van der Waals surface area contributed by atoms with E-state index in [1.807, 2.05) is 13.8 Å². The van der Waals surface area contributed by atoms with E-state index in [0.29, 0.717) is 6.54 Å². The first-order chi connectivity index (χ1) is 7.65. The Morgan fingerprint density at radius 1 is 1.35 bits per heavy atom. The summed E-state index contributed by atoms with van der Waals surface area (Å²) in [6.45, 7) is 8.12. The average Bonchev–Trinajstić information content (AvgIpc) is 2.08. The Kier molecular flexibility index (Phi) is 6.66. The van der Waals surface area contributed by atoms with Crippen molar-refractivity contribution in [3.63, 3.8) is 0 Å². The summed E-state index contributed by atoms with van der Waals surface area (Å²) in [6.07, 6.45) is 0.256. The van der Waals surface area contributed by atoms with Crippen molar-refractivity contribution in [3.8, 4) is 0 Å². The Labute approximate surface area is 104 Å². The SMILES string of the molecule is CC(C)CN(CCC(=N)N)S(=O)(=O)NC(C)C. The van der Waals surface area contributed by atoms with Gasteiger partial charge in [0, 0.05) is 25.6 Å². The molecule has 7 heteroatoms. The highest BCUT2D eigenvalue weighted by Gasteiger charge is 2.23. The molecule has 0 aliphatic heterocycles. The lowest BCUT2D eigenvalue weighted by Crippen LogP contribution is -2.46. The van der Waals surface area contributed by atoms with E-state index in [1.165, 1.54) is 4.31 Å². The van der Waals surface area contributed by atoms with E-state index in [9.17, 15) is 8.42 Å². The quantitative estimate of drug-likeness (QED) is 0.440. The summed E-state index contributed by atoms with van der Waals surface area (Å²) >= 11 is 0. The lowest BCUT2D eigenvalue weighted by molar-refractivity contribution is 0.366. The van der Waals surface area contributed by atoms with Crippen LogP contribution in [0.5, 0.6) is 0 Å². The predicted molar refractivity (Wildman–Crippen MR) is 70.1 cm³/mol. The van der Waals surface area contributed by atoms with E-state index >= 15 is 0 Å². The van der Waals surface area contributed by atoms with Crippen LogP contribution in [-0.2, 0) is 10.2 Å². The molecule has 0 atom stereocenters. The molecule has 0 spiro atoms. The molecule has 0 aromatic rings. The fourth-order valence-corrected chi connectivity index (χ4v) is 2.91. The van der Waals surface area contributed by atoms with E-state index in [2.05, 4.69) is 4.72 Å².